The van der Waals surface area contributed by atoms with Crippen LogP contribution >= 0.6 is 15.9 Å². The predicted molar refractivity (Wildman–Crippen MR) is 127 cm³/mol. The van der Waals surface area contributed by atoms with E-state index in [4.69, 9.17) is 14.6 Å². The highest BCUT2D eigenvalue weighted by molar-refractivity contribution is 9.10. The standard InChI is InChI=1S/C26H25BrN2O2/c1-16(2)30-21-11-8-19(9-12-21)26-29-24(22-14-20(27)10-13-25(22)31-26)15-23(28-29)18-6-4-17(3)5-7-18/h4-14,16,24,26H,15H2,1-3H3/t24-,26-/m0/s1. The van der Waals surface area contributed by atoms with Crippen molar-refractivity contribution in [3.63, 3.8) is 0 Å². The quantitative estimate of drug-likeness (QED) is 0.415. The van der Waals surface area contributed by atoms with Gasteiger partial charge in [0.05, 0.1) is 17.9 Å². The van der Waals surface area contributed by atoms with Crippen molar-refractivity contribution < 1.29 is 9.47 Å². The van der Waals surface area contributed by atoms with Gasteiger partial charge in [0, 0.05) is 22.0 Å². The molecule has 0 aromatic heterocycles. The van der Waals surface area contributed by atoms with Crippen molar-refractivity contribution in [2.24, 2.45) is 5.10 Å². The third-order valence-corrected chi connectivity index (χ3v) is 6.17. The summed E-state index contributed by atoms with van der Waals surface area (Å²) in [6.07, 6.45) is 0.711. The highest BCUT2D eigenvalue weighted by atomic mass is 79.9. The summed E-state index contributed by atoms with van der Waals surface area (Å²) in [5, 5.41) is 7.16. The van der Waals surface area contributed by atoms with Crippen molar-refractivity contribution in [1.29, 1.82) is 0 Å². The predicted octanol–water partition coefficient (Wildman–Crippen LogP) is 6.79. The van der Waals surface area contributed by atoms with Gasteiger partial charge in [-0.3, -0.25) is 0 Å². The number of hydrogen-bond donors (Lipinski definition) is 0. The van der Waals surface area contributed by atoms with E-state index in [0.29, 0.717) is 0 Å². The first kappa shape index (κ1) is 20.1. The molecular weight excluding hydrogens is 452 g/mol. The first-order valence-corrected chi connectivity index (χ1v) is 11.4. The molecule has 158 valence electrons. The van der Waals surface area contributed by atoms with Crippen molar-refractivity contribution in [3.05, 3.63) is 93.5 Å². The third kappa shape index (κ3) is 3.94. The summed E-state index contributed by atoms with van der Waals surface area (Å²) in [5.74, 6) is 1.78. The van der Waals surface area contributed by atoms with Gasteiger partial charge in [-0.15, -0.1) is 0 Å². The lowest BCUT2D eigenvalue weighted by molar-refractivity contribution is -0.0191. The molecule has 0 aliphatic carbocycles. The number of ether oxygens (including phenoxy) is 2. The molecule has 0 radical (unpaired) electrons. The molecule has 4 nitrogen and oxygen atoms in total. The van der Waals surface area contributed by atoms with E-state index in [2.05, 4.69) is 70.3 Å². The fraction of sp³-hybridized carbons (Fsp3) is 0.269. The van der Waals surface area contributed by atoms with Crippen LogP contribution in [0, 0.1) is 6.92 Å². The minimum Gasteiger partial charge on any atom is -0.491 e. The van der Waals surface area contributed by atoms with Crippen LogP contribution in [-0.2, 0) is 0 Å². The average molecular weight is 477 g/mol. The third-order valence-electron chi connectivity index (χ3n) is 5.67. The van der Waals surface area contributed by atoms with E-state index in [-0.39, 0.29) is 18.4 Å². The number of hydrazone groups is 1. The SMILES string of the molecule is Cc1ccc(C2=NN3[C@@H](C2)c2cc(Br)ccc2O[C@H]3c2ccc(OC(C)C)cc2)cc1. The van der Waals surface area contributed by atoms with Crippen LogP contribution in [0.5, 0.6) is 11.5 Å². The molecule has 2 atom stereocenters. The first-order chi connectivity index (χ1) is 15.0. The number of aryl methyl sites for hydroxylation is 1. The fourth-order valence-electron chi connectivity index (χ4n) is 4.18. The van der Waals surface area contributed by atoms with Crippen molar-refractivity contribution in [2.75, 3.05) is 0 Å². The zero-order valence-corrected chi connectivity index (χ0v) is 19.5. The van der Waals surface area contributed by atoms with Gasteiger partial charge in [-0.05, 0) is 68.8 Å². The van der Waals surface area contributed by atoms with Gasteiger partial charge < -0.3 is 9.47 Å². The topological polar surface area (TPSA) is 34.1 Å². The number of rotatable bonds is 4. The molecule has 0 saturated carbocycles. The summed E-state index contributed by atoms with van der Waals surface area (Å²) in [6.45, 7) is 6.17. The van der Waals surface area contributed by atoms with Gasteiger partial charge in [0.1, 0.15) is 11.5 Å². The van der Waals surface area contributed by atoms with Crippen LogP contribution in [0.1, 0.15) is 54.8 Å². The van der Waals surface area contributed by atoms with Gasteiger partial charge in [0.15, 0.2) is 0 Å². The largest absolute Gasteiger partial charge is 0.491 e. The van der Waals surface area contributed by atoms with Crippen LogP contribution in [0.25, 0.3) is 0 Å². The molecule has 0 N–H and O–H groups in total. The van der Waals surface area contributed by atoms with E-state index < -0.39 is 0 Å². The highest BCUT2D eigenvalue weighted by Gasteiger charge is 2.41. The van der Waals surface area contributed by atoms with Gasteiger partial charge in [-0.25, -0.2) is 5.01 Å². The van der Waals surface area contributed by atoms with E-state index in [1.807, 2.05) is 38.1 Å². The van der Waals surface area contributed by atoms with Crippen LogP contribution in [0.15, 0.2) is 76.3 Å². The molecule has 31 heavy (non-hydrogen) atoms. The van der Waals surface area contributed by atoms with Gasteiger partial charge in [0.2, 0.25) is 6.23 Å². The Bertz CT molecular complexity index is 1120. The Morgan fingerprint density at radius 2 is 1.77 bits per heavy atom. The highest BCUT2D eigenvalue weighted by Crippen LogP contribution is 2.48. The van der Waals surface area contributed by atoms with Crippen molar-refractivity contribution in [1.82, 2.24) is 5.01 Å². The first-order valence-electron chi connectivity index (χ1n) is 10.6. The summed E-state index contributed by atoms with van der Waals surface area (Å²) in [5.41, 5.74) is 5.72. The van der Waals surface area contributed by atoms with Crippen molar-refractivity contribution in [3.8, 4) is 11.5 Å². The van der Waals surface area contributed by atoms with Gasteiger partial charge in [0.25, 0.3) is 0 Å². The van der Waals surface area contributed by atoms with Gasteiger partial charge >= 0.3 is 0 Å². The Labute approximate surface area is 191 Å². The summed E-state index contributed by atoms with van der Waals surface area (Å²) in [4.78, 5) is 0. The van der Waals surface area contributed by atoms with Crippen LogP contribution in [0.2, 0.25) is 0 Å². The second kappa shape index (κ2) is 8.04. The molecule has 0 bridgehead atoms. The van der Waals surface area contributed by atoms with E-state index in [0.717, 1.165) is 44.8 Å². The molecule has 0 amide bonds. The van der Waals surface area contributed by atoms with Gasteiger partial charge in [-0.1, -0.05) is 45.8 Å². The molecule has 0 fully saturated rings. The molecule has 2 heterocycles. The van der Waals surface area contributed by atoms with E-state index in [9.17, 15) is 0 Å². The lowest BCUT2D eigenvalue weighted by atomic mass is 9.95. The molecule has 0 unspecified atom stereocenters. The number of nitrogens with zero attached hydrogens (tertiary/aromatic N) is 2. The molecular formula is C26H25BrN2O2. The summed E-state index contributed by atoms with van der Waals surface area (Å²) in [6, 6.07) is 23.1. The molecule has 2 aliphatic heterocycles. The summed E-state index contributed by atoms with van der Waals surface area (Å²) >= 11 is 3.62. The van der Waals surface area contributed by atoms with E-state index in [1.165, 1.54) is 5.56 Å². The minimum atomic E-state index is -0.283. The minimum absolute atomic E-state index is 0.133. The van der Waals surface area contributed by atoms with Gasteiger partial charge in [-0.2, -0.15) is 5.10 Å². The molecule has 5 rings (SSSR count). The second-order valence-electron chi connectivity index (χ2n) is 8.40. The Balaban J connectivity index is 1.53. The van der Waals surface area contributed by atoms with Crippen molar-refractivity contribution in [2.45, 2.75) is 45.6 Å². The molecule has 5 heteroatoms. The Morgan fingerprint density at radius 3 is 2.48 bits per heavy atom. The lowest BCUT2D eigenvalue weighted by Crippen LogP contribution is -2.33. The van der Waals surface area contributed by atoms with E-state index in [1.54, 1.807) is 0 Å². The average Bonchev–Trinajstić information content (AvgIpc) is 3.20. The maximum Gasteiger partial charge on any atom is 0.213 e. The Kier molecular flexibility index (Phi) is 5.22. The second-order valence-corrected chi connectivity index (χ2v) is 9.32. The molecule has 2 aliphatic rings. The Morgan fingerprint density at radius 1 is 1.03 bits per heavy atom. The monoisotopic (exact) mass is 476 g/mol. The van der Waals surface area contributed by atoms with Crippen molar-refractivity contribution >= 4 is 21.6 Å². The molecule has 0 spiro atoms. The fourth-order valence-corrected chi connectivity index (χ4v) is 4.56. The maximum absolute atomic E-state index is 6.47. The van der Waals surface area contributed by atoms with Crippen LogP contribution in [0.4, 0.5) is 0 Å². The Hall–Kier alpha value is -2.79. The smallest absolute Gasteiger partial charge is 0.213 e. The lowest BCUT2D eigenvalue weighted by Gasteiger charge is -2.38. The summed E-state index contributed by atoms with van der Waals surface area (Å²) < 4.78 is 13.3. The van der Waals surface area contributed by atoms with Crippen LogP contribution < -0.4 is 9.47 Å². The number of hydrogen-bond acceptors (Lipinski definition) is 4. The number of halogens is 1. The van der Waals surface area contributed by atoms with Crippen LogP contribution in [-0.4, -0.2) is 16.8 Å². The normalized spacial score (nSPS) is 19.5. The van der Waals surface area contributed by atoms with Crippen LogP contribution in [0.3, 0.4) is 0 Å². The maximum atomic E-state index is 6.47. The molecule has 0 saturated heterocycles. The molecule has 3 aromatic carbocycles. The number of fused-ring (bicyclic) bond motifs is 3. The zero-order valence-electron chi connectivity index (χ0n) is 17.9. The zero-order chi connectivity index (χ0) is 21.5. The van der Waals surface area contributed by atoms with E-state index >= 15 is 0 Å². The molecule has 3 aromatic rings. The number of benzene rings is 3. The summed E-state index contributed by atoms with van der Waals surface area (Å²) in [7, 11) is 0.